The van der Waals surface area contributed by atoms with Crippen LogP contribution in [0.15, 0.2) is 24.3 Å². The van der Waals surface area contributed by atoms with Crippen molar-refractivity contribution in [1.82, 2.24) is 10.2 Å². The van der Waals surface area contributed by atoms with Crippen molar-refractivity contribution in [2.75, 3.05) is 18.4 Å². The molecule has 1 saturated heterocycles. The van der Waals surface area contributed by atoms with Crippen molar-refractivity contribution in [3.8, 4) is 0 Å². The Balaban J connectivity index is 1.95. The maximum absolute atomic E-state index is 12.2. The largest absolute Gasteiger partial charge is 0.347 e. The summed E-state index contributed by atoms with van der Waals surface area (Å²) in [6.45, 7) is 7.67. The quantitative estimate of drug-likeness (QED) is 0.897. The summed E-state index contributed by atoms with van der Waals surface area (Å²) in [7, 11) is 0. The van der Waals surface area contributed by atoms with E-state index in [9.17, 15) is 9.59 Å². The van der Waals surface area contributed by atoms with Gasteiger partial charge in [0.15, 0.2) is 0 Å². The minimum atomic E-state index is -0.222. The number of amides is 3. The molecule has 0 unspecified atom stereocenters. The van der Waals surface area contributed by atoms with Gasteiger partial charge in [-0.25, -0.2) is 4.79 Å². The molecule has 0 atom stereocenters. The van der Waals surface area contributed by atoms with Gasteiger partial charge in [0.2, 0.25) is 0 Å². The molecular formula is C17H25N3O2. The van der Waals surface area contributed by atoms with Gasteiger partial charge >= 0.3 is 6.03 Å². The number of likely N-dealkylation sites (tertiary alicyclic amines) is 1. The van der Waals surface area contributed by atoms with E-state index in [2.05, 4.69) is 10.6 Å². The van der Waals surface area contributed by atoms with Crippen molar-refractivity contribution in [3.05, 3.63) is 29.8 Å². The summed E-state index contributed by atoms with van der Waals surface area (Å²) >= 11 is 0. The Morgan fingerprint density at radius 2 is 1.73 bits per heavy atom. The number of anilines is 1. The zero-order valence-corrected chi connectivity index (χ0v) is 13.6. The van der Waals surface area contributed by atoms with Crippen molar-refractivity contribution in [3.63, 3.8) is 0 Å². The Labute approximate surface area is 132 Å². The van der Waals surface area contributed by atoms with Crippen LogP contribution in [-0.4, -0.2) is 35.5 Å². The van der Waals surface area contributed by atoms with Gasteiger partial charge < -0.3 is 15.5 Å². The fourth-order valence-corrected chi connectivity index (χ4v) is 2.30. The lowest BCUT2D eigenvalue weighted by Gasteiger charge is -2.24. The number of hydrogen-bond donors (Lipinski definition) is 2. The van der Waals surface area contributed by atoms with Crippen molar-refractivity contribution in [1.29, 1.82) is 0 Å². The third kappa shape index (κ3) is 4.23. The Hall–Kier alpha value is -2.04. The van der Waals surface area contributed by atoms with Gasteiger partial charge in [0, 0.05) is 29.9 Å². The molecule has 1 aromatic carbocycles. The van der Waals surface area contributed by atoms with Gasteiger partial charge in [-0.1, -0.05) is 6.92 Å². The normalized spacial score (nSPS) is 14.8. The van der Waals surface area contributed by atoms with Crippen LogP contribution in [0.4, 0.5) is 10.5 Å². The maximum Gasteiger partial charge on any atom is 0.321 e. The van der Waals surface area contributed by atoms with Gasteiger partial charge in [-0.15, -0.1) is 0 Å². The first-order valence-electron chi connectivity index (χ1n) is 7.90. The van der Waals surface area contributed by atoms with E-state index in [-0.39, 0.29) is 17.5 Å². The molecule has 0 aromatic heterocycles. The second-order valence-corrected chi connectivity index (χ2v) is 6.39. The van der Waals surface area contributed by atoms with Gasteiger partial charge in [0.05, 0.1) is 0 Å². The van der Waals surface area contributed by atoms with E-state index < -0.39 is 0 Å². The standard InChI is InChI=1S/C17H25N3O2/c1-4-17(2,3)19-15(21)13-7-9-14(10-8-13)18-16(22)20-11-5-6-12-20/h7-10H,4-6,11-12H2,1-3H3,(H,18,22)(H,19,21). The Bertz CT molecular complexity index is 531. The molecule has 2 N–H and O–H groups in total. The van der Waals surface area contributed by atoms with Crippen molar-refractivity contribution in [2.45, 2.75) is 45.6 Å². The molecule has 22 heavy (non-hydrogen) atoms. The van der Waals surface area contributed by atoms with Gasteiger partial charge in [-0.3, -0.25) is 4.79 Å². The molecule has 5 heteroatoms. The highest BCUT2D eigenvalue weighted by atomic mass is 16.2. The van der Waals surface area contributed by atoms with Crippen LogP contribution in [0.2, 0.25) is 0 Å². The summed E-state index contributed by atoms with van der Waals surface area (Å²) in [4.78, 5) is 26.0. The van der Waals surface area contributed by atoms with E-state index in [1.807, 2.05) is 25.7 Å². The first-order valence-corrected chi connectivity index (χ1v) is 7.90. The molecule has 0 aliphatic carbocycles. The van der Waals surface area contributed by atoms with E-state index in [1.165, 1.54) is 0 Å². The first kappa shape index (κ1) is 16.3. The Kier molecular flexibility index (Phi) is 5.06. The van der Waals surface area contributed by atoms with Crippen LogP contribution in [0.3, 0.4) is 0 Å². The van der Waals surface area contributed by atoms with E-state index in [0.717, 1.165) is 32.4 Å². The zero-order chi connectivity index (χ0) is 16.2. The minimum Gasteiger partial charge on any atom is -0.347 e. The molecule has 0 saturated carbocycles. The second kappa shape index (κ2) is 6.81. The van der Waals surface area contributed by atoms with Crippen LogP contribution in [0.1, 0.15) is 50.4 Å². The van der Waals surface area contributed by atoms with Gasteiger partial charge in [-0.05, 0) is 57.4 Å². The highest BCUT2D eigenvalue weighted by molar-refractivity contribution is 5.96. The van der Waals surface area contributed by atoms with Crippen LogP contribution in [0.5, 0.6) is 0 Å². The number of nitrogens with one attached hydrogen (secondary N) is 2. The van der Waals surface area contributed by atoms with Crippen LogP contribution < -0.4 is 10.6 Å². The Morgan fingerprint density at radius 3 is 2.27 bits per heavy atom. The predicted molar refractivity (Wildman–Crippen MR) is 88.1 cm³/mol. The number of rotatable bonds is 4. The van der Waals surface area contributed by atoms with Crippen LogP contribution in [0, 0.1) is 0 Å². The number of nitrogens with zero attached hydrogens (tertiary/aromatic N) is 1. The number of carbonyl (C=O) groups excluding carboxylic acids is 2. The molecule has 120 valence electrons. The van der Waals surface area contributed by atoms with Gasteiger partial charge in [0.1, 0.15) is 0 Å². The van der Waals surface area contributed by atoms with Crippen LogP contribution in [-0.2, 0) is 0 Å². The van der Waals surface area contributed by atoms with Crippen molar-refractivity contribution in [2.24, 2.45) is 0 Å². The van der Waals surface area contributed by atoms with E-state index in [0.29, 0.717) is 11.3 Å². The summed E-state index contributed by atoms with van der Waals surface area (Å²) in [6, 6.07) is 6.94. The summed E-state index contributed by atoms with van der Waals surface area (Å²) in [5, 5.41) is 5.86. The minimum absolute atomic E-state index is 0.0678. The molecule has 1 fully saturated rings. The molecule has 5 nitrogen and oxygen atoms in total. The highest BCUT2D eigenvalue weighted by Crippen LogP contribution is 2.14. The molecular weight excluding hydrogens is 278 g/mol. The molecule has 0 radical (unpaired) electrons. The number of hydrogen-bond acceptors (Lipinski definition) is 2. The molecule has 0 bridgehead atoms. The summed E-state index contributed by atoms with van der Waals surface area (Å²) in [5.41, 5.74) is 1.09. The van der Waals surface area contributed by atoms with E-state index in [4.69, 9.17) is 0 Å². The average molecular weight is 303 g/mol. The van der Waals surface area contributed by atoms with Crippen molar-refractivity contribution < 1.29 is 9.59 Å². The van der Waals surface area contributed by atoms with E-state index >= 15 is 0 Å². The third-order valence-corrected chi connectivity index (χ3v) is 4.13. The number of benzene rings is 1. The molecule has 1 aliphatic heterocycles. The number of urea groups is 1. The lowest BCUT2D eigenvalue weighted by molar-refractivity contribution is 0.0911. The second-order valence-electron chi connectivity index (χ2n) is 6.39. The smallest absolute Gasteiger partial charge is 0.321 e. The SMILES string of the molecule is CCC(C)(C)NC(=O)c1ccc(NC(=O)N2CCCC2)cc1. The topological polar surface area (TPSA) is 61.4 Å². The fraction of sp³-hybridized carbons (Fsp3) is 0.529. The molecule has 3 amide bonds. The summed E-state index contributed by atoms with van der Waals surface area (Å²) < 4.78 is 0. The maximum atomic E-state index is 12.2. The van der Waals surface area contributed by atoms with Gasteiger partial charge in [-0.2, -0.15) is 0 Å². The lowest BCUT2D eigenvalue weighted by atomic mass is 10.0. The first-order chi connectivity index (χ1) is 10.4. The fourth-order valence-electron chi connectivity index (χ4n) is 2.30. The monoisotopic (exact) mass is 303 g/mol. The molecule has 1 aromatic rings. The van der Waals surface area contributed by atoms with Gasteiger partial charge in [0.25, 0.3) is 5.91 Å². The summed E-state index contributed by atoms with van der Waals surface area (Å²) in [5.74, 6) is -0.0933. The number of carbonyl (C=O) groups is 2. The van der Waals surface area contributed by atoms with E-state index in [1.54, 1.807) is 24.3 Å². The third-order valence-electron chi connectivity index (χ3n) is 4.13. The molecule has 2 rings (SSSR count). The lowest BCUT2D eigenvalue weighted by Crippen LogP contribution is -2.42. The van der Waals surface area contributed by atoms with Crippen LogP contribution in [0.25, 0.3) is 0 Å². The highest BCUT2D eigenvalue weighted by Gasteiger charge is 2.20. The van der Waals surface area contributed by atoms with Crippen molar-refractivity contribution >= 4 is 17.6 Å². The zero-order valence-electron chi connectivity index (χ0n) is 13.6. The predicted octanol–water partition coefficient (Wildman–Crippen LogP) is 3.23. The molecule has 0 spiro atoms. The van der Waals surface area contributed by atoms with Crippen LogP contribution >= 0.6 is 0 Å². The summed E-state index contributed by atoms with van der Waals surface area (Å²) in [6.07, 6.45) is 3.00. The molecule has 1 heterocycles. The molecule has 1 aliphatic rings. The average Bonchev–Trinajstić information content (AvgIpc) is 3.02. The Morgan fingerprint density at radius 1 is 1.14 bits per heavy atom.